The Hall–Kier alpha value is -3.17. The Morgan fingerprint density at radius 3 is 1.96 bits per heavy atom. The molecule has 0 fully saturated rings. The van der Waals surface area contributed by atoms with E-state index in [-0.39, 0.29) is 30.3 Å². The molecule has 0 aliphatic rings. The van der Waals surface area contributed by atoms with Crippen molar-refractivity contribution in [2.24, 2.45) is 5.92 Å². The first kappa shape index (κ1) is 20.9. The van der Waals surface area contributed by atoms with Crippen molar-refractivity contribution in [3.8, 4) is 11.5 Å². The van der Waals surface area contributed by atoms with Crippen LogP contribution in [0.4, 0.5) is 5.69 Å². The number of ketones is 1. The van der Waals surface area contributed by atoms with Crippen molar-refractivity contribution in [1.29, 1.82) is 0 Å². The monoisotopic (exact) mass is 369 g/mol. The van der Waals surface area contributed by atoms with E-state index < -0.39 is 34.3 Å². The number of hydrogen-bond acceptors (Lipinski definition) is 9. The van der Waals surface area contributed by atoms with Crippen LogP contribution in [0.1, 0.15) is 24.2 Å². The number of benzene rings is 1. The molecule has 142 valence electrons. The van der Waals surface area contributed by atoms with E-state index in [1.165, 1.54) is 28.1 Å². The molecule has 0 unspecified atom stereocenters. The minimum absolute atomic E-state index is 0.0614. The summed E-state index contributed by atoms with van der Waals surface area (Å²) in [5.41, 5.74) is -0.845. The molecule has 0 aliphatic heterocycles. The topological polar surface area (TPSA) is 131 Å². The Bertz CT molecular complexity index is 696. The minimum atomic E-state index is -1.90. The maximum absolute atomic E-state index is 12.7. The summed E-state index contributed by atoms with van der Waals surface area (Å²) >= 11 is 0. The van der Waals surface area contributed by atoms with Gasteiger partial charge >= 0.3 is 17.6 Å². The van der Waals surface area contributed by atoms with E-state index >= 15 is 0 Å². The lowest BCUT2D eigenvalue weighted by molar-refractivity contribution is -0.385. The number of carbonyl (C=O) groups is 3. The largest absolute Gasteiger partial charge is 0.493 e. The van der Waals surface area contributed by atoms with Gasteiger partial charge in [-0.05, 0) is 19.9 Å². The molecule has 10 nitrogen and oxygen atoms in total. The van der Waals surface area contributed by atoms with Gasteiger partial charge < -0.3 is 18.9 Å². The highest BCUT2D eigenvalue weighted by molar-refractivity contribution is 6.21. The minimum Gasteiger partial charge on any atom is -0.493 e. The van der Waals surface area contributed by atoms with Crippen LogP contribution in [0, 0.1) is 16.0 Å². The lowest BCUT2D eigenvalue weighted by atomic mass is 9.96. The van der Waals surface area contributed by atoms with E-state index in [2.05, 4.69) is 0 Å². The Morgan fingerprint density at radius 1 is 1.04 bits per heavy atom. The second-order valence-electron chi connectivity index (χ2n) is 4.79. The molecule has 0 saturated carbocycles. The summed E-state index contributed by atoms with van der Waals surface area (Å²) in [5.74, 6) is -5.41. The summed E-state index contributed by atoms with van der Waals surface area (Å²) in [5, 5.41) is 11.2. The number of nitro benzene ring substituents is 1. The fourth-order valence-electron chi connectivity index (χ4n) is 2.15. The Balaban J connectivity index is 3.47. The third-order valence-electron chi connectivity index (χ3n) is 3.25. The molecule has 0 aliphatic carbocycles. The third-order valence-corrected chi connectivity index (χ3v) is 3.25. The van der Waals surface area contributed by atoms with Gasteiger partial charge in [-0.15, -0.1) is 0 Å². The second kappa shape index (κ2) is 9.35. The van der Waals surface area contributed by atoms with Crippen LogP contribution >= 0.6 is 0 Å². The normalized spacial score (nSPS) is 10.2. The molecule has 0 heterocycles. The first-order chi connectivity index (χ1) is 12.3. The van der Waals surface area contributed by atoms with Gasteiger partial charge in [-0.1, -0.05) is 0 Å². The first-order valence-electron chi connectivity index (χ1n) is 7.60. The average Bonchev–Trinajstić information content (AvgIpc) is 2.60. The fraction of sp³-hybridized carbons (Fsp3) is 0.438. The fourth-order valence-corrected chi connectivity index (χ4v) is 2.15. The van der Waals surface area contributed by atoms with Crippen molar-refractivity contribution < 1.29 is 38.3 Å². The predicted molar refractivity (Wildman–Crippen MR) is 87.3 cm³/mol. The van der Waals surface area contributed by atoms with Crippen LogP contribution in [0.15, 0.2) is 12.1 Å². The quantitative estimate of drug-likeness (QED) is 0.209. The average molecular weight is 369 g/mol. The van der Waals surface area contributed by atoms with Crippen LogP contribution in [0.5, 0.6) is 11.5 Å². The van der Waals surface area contributed by atoms with Gasteiger partial charge in [-0.25, -0.2) is 0 Å². The van der Waals surface area contributed by atoms with E-state index in [1.54, 1.807) is 0 Å². The number of carbonyl (C=O) groups excluding carboxylic acids is 3. The van der Waals surface area contributed by atoms with E-state index in [1.807, 2.05) is 0 Å². The van der Waals surface area contributed by atoms with E-state index in [0.717, 1.165) is 12.1 Å². The summed E-state index contributed by atoms with van der Waals surface area (Å²) in [6.45, 7) is 2.89. The Kier molecular flexibility index (Phi) is 7.51. The number of nitro groups is 1. The van der Waals surface area contributed by atoms with E-state index in [4.69, 9.17) is 18.9 Å². The number of rotatable bonds is 9. The van der Waals surface area contributed by atoms with Crippen molar-refractivity contribution >= 4 is 23.4 Å². The first-order valence-corrected chi connectivity index (χ1v) is 7.60. The summed E-state index contributed by atoms with van der Waals surface area (Å²) in [4.78, 5) is 47.2. The Morgan fingerprint density at radius 2 is 1.58 bits per heavy atom. The molecule has 10 heteroatoms. The second-order valence-corrected chi connectivity index (χ2v) is 4.79. The van der Waals surface area contributed by atoms with Gasteiger partial charge in [0.2, 0.25) is 11.7 Å². The molecular formula is C16H19NO9. The molecule has 0 amide bonds. The molecule has 0 aromatic heterocycles. The van der Waals surface area contributed by atoms with Crippen molar-refractivity contribution in [3.05, 3.63) is 27.8 Å². The van der Waals surface area contributed by atoms with Crippen LogP contribution in [0.3, 0.4) is 0 Å². The lowest BCUT2D eigenvalue weighted by Crippen LogP contribution is -2.35. The van der Waals surface area contributed by atoms with Crippen molar-refractivity contribution in [3.63, 3.8) is 0 Å². The number of nitrogens with zero attached hydrogens (tertiary/aromatic N) is 1. The van der Waals surface area contributed by atoms with Gasteiger partial charge in [0.05, 0.1) is 32.4 Å². The van der Waals surface area contributed by atoms with E-state index in [0.29, 0.717) is 0 Å². The summed E-state index contributed by atoms with van der Waals surface area (Å²) in [7, 11) is 2.43. The molecule has 1 aromatic carbocycles. The third kappa shape index (κ3) is 4.47. The molecule has 0 saturated heterocycles. The molecule has 0 atom stereocenters. The molecular weight excluding hydrogens is 350 g/mol. The molecule has 1 aromatic rings. The summed E-state index contributed by atoms with van der Waals surface area (Å²) < 4.78 is 19.4. The molecule has 0 spiro atoms. The molecule has 0 bridgehead atoms. The molecule has 0 radical (unpaired) electrons. The number of Topliss-reactive ketones (excluding diaryl/α,β-unsaturated/α-hetero) is 1. The van der Waals surface area contributed by atoms with E-state index in [9.17, 15) is 24.5 Å². The zero-order valence-corrected chi connectivity index (χ0v) is 14.8. The van der Waals surface area contributed by atoms with Crippen LogP contribution in [0.25, 0.3) is 0 Å². The number of ether oxygens (including phenoxy) is 4. The highest BCUT2D eigenvalue weighted by atomic mass is 16.6. The zero-order valence-electron chi connectivity index (χ0n) is 14.8. The van der Waals surface area contributed by atoms with Crippen LogP contribution < -0.4 is 9.47 Å². The highest BCUT2D eigenvalue weighted by Gasteiger charge is 2.39. The summed E-state index contributed by atoms with van der Waals surface area (Å²) in [6.07, 6.45) is 0. The standard InChI is InChI=1S/C16H19NO9/c1-5-25-15(19)12(16(20)26-6-2)13(18)9-7-10(17(21)22)14(24-4)11(8-9)23-3/h7-8,12H,5-6H2,1-4H3. The van der Waals surface area contributed by atoms with Gasteiger partial charge in [0.1, 0.15) is 0 Å². The van der Waals surface area contributed by atoms with Crippen molar-refractivity contribution in [2.45, 2.75) is 13.8 Å². The SMILES string of the molecule is CCOC(=O)C(C(=O)OCC)C(=O)c1cc(OC)c(OC)c([N+](=O)[O-])c1. The smallest absolute Gasteiger partial charge is 0.328 e. The maximum atomic E-state index is 12.7. The van der Waals surface area contributed by atoms with Crippen LogP contribution in [-0.4, -0.2) is 50.1 Å². The predicted octanol–water partition coefficient (Wildman–Crippen LogP) is 1.54. The van der Waals surface area contributed by atoms with Gasteiger partial charge in [-0.2, -0.15) is 0 Å². The molecule has 1 rings (SSSR count). The Labute approximate surface area is 149 Å². The number of methoxy groups -OCH3 is 2. The zero-order chi connectivity index (χ0) is 19.9. The highest BCUT2D eigenvalue weighted by Crippen LogP contribution is 2.38. The number of esters is 2. The van der Waals surface area contributed by atoms with Crippen molar-refractivity contribution in [1.82, 2.24) is 0 Å². The van der Waals surface area contributed by atoms with Crippen molar-refractivity contribution in [2.75, 3.05) is 27.4 Å². The van der Waals surface area contributed by atoms with Gasteiger partial charge in [-0.3, -0.25) is 24.5 Å². The van der Waals surface area contributed by atoms with Crippen LogP contribution in [-0.2, 0) is 19.1 Å². The number of hydrogen-bond donors (Lipinski definition) is 0. The lowest BCUT2D eigenvalue weighted by Gasteiger charge is -2.15. The van der Waals surface area contributed by atoms with Gasteiger partial charge in [0.25, 0.3) is 0 Å². The van der Waals surface area contributed by atoms with Crippen LogP contribution in [0.2, 0.25) is 0 Å². The molecule has 26 heavy (non-hydrogen) atoms. The van der Waals surface area contributed by atoms with Gasteiger partial charge in [0, 0.05) is 11.6 Å². The molecule has 0 N–H and O–H groups in total. The van der Waals surface area contributed by atoms with Gasteiger partial charge in [0.15, 0.2) is 11.5 Å². The summed E-state index contributed by atoms with van der Waals surface area (Å²) in [6, 6.07) is 2.04. The maximum Gasteiger partial charge on any atom is 0.328 e.